The molecule has 6 N–H and O–H groups in total. The molecule has 0 fully saturated rings. The second kappa shape index (κ2) is 2.02. The number of nitrogen functional groups attached to an aromatic ring is 3. The van der Waals surface area contributed by atoms with Crippen LogP contribution >= 0.6 is 0 Å². The van der Waals surface area contributed by atoms with E-state index in [-0.39, 0.29) is 5.95 Å². The lowest BCUT2D eigenvalue weighted by Gasteiger charge is -2.01. The zero-order valence-corrected chi connectivity index (χ0v) is 5.63. The molecule has 1 aromatic heterocycles. The van der Waals surface area contributed by atoms with E-state index in [1.807, 2.05) is 0 Å². The van der Waals surface area contributed by atoms with Crippen molar-refractivity contribution in [2.75, 3.05) is 17.2 Å². The Bertz CT molecular complexity index is 233. The van der Waals surface area contributed by atoms with Gasteiger partial charge in [-0.05, 0) is 6.92 Å². The van der Waals surface area contributed by atoms with E-state index in [0.717, 1.165) is 0 Å². The van der Waals surface area contributed by atoms with Gasteiger partial charge >= 0.3 is 0 Å². The molecule has 0 saturated heterocycles. The minimum absolute atomic E-state index is 0.112. The van der Waals surface area contributed by atoms with Crippen LogP contribution in [0, 0.1) is 6.92 Å². The maximum absolute atomic E-state index is 5.41. The highest BCUT2D eigenvalue weighted by Gasteiger charge is 2.01. The summed E-state index contributed by atoms with van der Waals surface area (Å²) in [6.45, 7) is 1.74. The Morgan fingerprint density at radius 2 is 1.40 bits per heavy atom. The number of anilines is 3. The predicted molar refractivity (Wildman–Crippen MR) is 40.0 cm³/mol. The lowest BCUT2D eigenvalue weighted by atomic mass is 10.3. The monoisotopic (exact) mass is 139 g/mol. The fraction of sp³-hybridized carbons (Fsp3) is 0.200. The second-order valence-corrected chi connectivity index (χ2v) is 1.98. The van der Waals surface area contributed by atoms with E-state index in [2.05, 4.69) is 9.97 Å². The van der Waals surface area contributed by atoms with Gasteiger partial charge in [-0.2, -0.15) is 9.97 Å². The molecular weight excluding hydrogens is 130 g/mol. The molecule has 5 heteroatoms. The van der Waals surface area contributed by atoms with Crippen molar-refractivity contribution in [3.63, 3.8) is 0 Å². The van der Waals surface area contributed by atoms with Gasteiger partial charge in [-0.15, -0.1) is 0 Å². The van der Waals surface area contributed by atoms with Gasteiger partial charge < -0.3 is 17.2 Å². The van der Waals surface area contributed by atoms with Crippen molar-refractivity contribution < 1.29 is 0 Å². The molecule has 1 rings (SSSR count). The topological polar surface area (TPSA) is 104 Å². The van der Waals surface area contributed by atoms with Gasteiger partial charge in [-0.25, -0.2) is 0 Å². The normalized spacial score (nSPS) is 9.70. The van der Waals surface area contributed by atoms with Crippen LogP contribution in [0.4, 0.5) is 17.6 Å². The Morgan fingerprint density at radius 1 is 1.00 bits per heavy atom. The Labute approximate surface area is 58.3 Å². The van der Waals surface area contributed by atoms with Crippen LogP contribution < -0.4 is 17.2 Å². The molecule has 0 radical (unpaired) electrons. The molecule has 10 heavy (non-hydrogen) atoms. The van der Waals surface area contributed by atoms with Crippen molar-refractivity contribution >= 4 is 17.6 Å². The molecular formula is C5H9N5. The van der Waals surface area contributed by atoms with E-state index in [0.29, 0.717) is 17.2 Å². The maximum atomic E-state index is 5.41. The van der Waals surface area contributed by atoms with Gasteiger partial charge in [0.05, 0.1) is 0 Å². The first-order valence-corrected chi connectivity index (χ1v) is 2.76. The molecule has 5 nitrogen and oxygen atoms in total. The molecule has 0 atom stereocenters. The molecule has 0 aliphatic rings. The first-order valence-electron chi connectivity index (χ1n) is 2.76. The van der Waals surface area contributed by atoms with Gasteiger partial charge in [-0.3, -0.25) is 0 Å². The Morgan fingerprint density at radius 3 is 1.80 bits per heavy atom. The van der Waals surface area contributed by atoms with Gasteiger partial charge in [-0.1, -0.05) is 0 Å². The minimum Gasteiger partial charge on any atom is -0.383 e. The van der Waals surface area contributed by atoms with Gasteiger partial charge in [0.15, 0.2) is 0 Å². The van der Waals surface area contributed by atoms with E-state index in [1.54, 1.807) is 6.92 Å². The molecule has 1 aromatic rings. The van der Waals surface area contributed by atoms with Crippen molar-refractivity contribution in [3.05, 3.63) is 5.56 Å². The summed E-state index contributed by atoms with van der Waals surface area (Å²) in [6.07, 6.45) is 0. The SMILES string of the molecule is Cc1c(N)nc(N)nc1N. The summed E-state index contributed by atoms with van der Waals surface area (Å²) in [4.78, 5) is 7.40. The summed E-state index contributed by atoms with van der Waals surface area (Å²) in [5.74, 6) is 0.788. The lowest BCUT2D eigenvalue weighted by molar-refractivity contribution is 1.17. The number of hydrogen-bond acceptors (Lipinski definition) is 5. The Kier molecular flexibility index (Phi) is 1.33. The van der Waals surface area contributed by atoms with Gasteiger partial charge in [0, 0.05) is 5.56 Å². The van der Waals surface area contributed by atoms with E-state index in [1.165, 1.54) is 0 Å². The lowest BCUT2D eigenvalue weighted by Crippen LogP contribution is -2.05. The third-order valence-electron chi connectivity index (χ3n) is 1.24. The maximum Gasteiger partial charge on any atom is 0.223 e. The third kappa shape index (κ3) is 0.928. The first kappa shape index (κ1) is 6.60. The average Bonchev–Trinajstić information content (AvgIpc) is 1.82. The Balaban J connectivity index is 3.31. The van der Waals surface area contributed by atoms with Gasteiger partial charge in [0.1, 0.15) is 11.6 Å². The molecule has 0 aliphatic carbocycles. The predicted octanol–water partition coefficient (Wildman–Crippen LogP) is -0.468. The van der Waals surface area contributed by atoms with E-state index >= 15 is 0 Å². The van der Waals surface area contributed by atoms with Gasteiger partial charge in [0.2, 0.25) is 5.95 Å². The highest BCUT2D eigenvalue weighted by atomic mass is 15.1. The zero-order chi connectivity index (χ0) is 7.72. The number of nitrogens with two attached hydrogens (primary N) is 3. The highest BCUT2D eigenvalue weighted by molar-refractivity contribution is 5.54. The number of hydrogen-bond donors (Lipinski definition) is 3. The van der Waals surface area contributed by atoms with Crippen LogP contribution in [0.25, 0.3) is 0 Å². The standard InChI is InChI=1S/C5H9N5/c1-2-3(6)9-5(8)10-4(2)7/h1H3,(H6,6,7,8,9,10). The fourth-order valence-corrected chi connectivity index (χ4v) is 0.571. The van der Waals surface area contributed by atoms with Crippen LogP contribution in [0.2, 0.25) is 0 Å². The van der Waals surface area contributed by atoms with Crippen molar-refractivity contribution in [1.82, 2.24) is 9.97 Å². The molecule has 0 bridgehead atoms. The van der Waals surface area contributed by atoms with E-state index < -0.39 is 0 Å². The summed E-state index contributed by atoms with van der Waals surface area (Å²) >= 11 is 0. The van der Waals surface area contributed by atoms with Crippen molar-refractivity contribution in [2.45, 2.75) is 6.92 Å². The quantitative estimate of drug-likeness (QED) is 0.450. The summed E-state index contributed by atoms with van der Waals surface area (Å²) in [7, 11) is 0. The largest absolute Gasteiger partial charge is 0.383 e. The van der Waals surface area contributed by atoms with Crippen molar-refractivity contribution in [1.29, 1.82) is 0 Å². The molecule has 0 saturated carbocycles. The molecule has 0 aliphatic heterocycles. The number of aromatic nitrogens is 2. The number of rotatable bonds is 0. The fourth-order valence-electron chi connectivity index (χ4n) is 0.571. The van der Waals surface area contributed by atoms with Crippen LogP contribution in [0.3, 0.4) is 0 Å². The molecule has 1 heterocycles. The van der Waals surface area contributed by atoms with Crippen LogP contribution in [-0.2, 0) is 0 Å². The first-order chi connectivity index (χ1) is 4.61. The van der Waals surface area contributed by atoms with Gasteiger partial charge in [0.25, 0.3) is 0 Å². The smallest absolute Gasteiger partial charge is 0.223 e. The van der Waals surface area contributed by atoms with Crippen LogP contribution in [0.15, 0.2) is 0 Å². The molecule has 0 spiro atoms. The average molecular weight is 139 g/mol. The Hall–Kier alpha value is -1.52. The van der Waals surface area contributed by atoms with Crippen LogP contribution in [0.1, 0.15) is 5.56 Å². The van der Waals surface area contributed by atoms with Crippen molar-refractivity contribution in [2.24, 2.45) is 0 Å². The molecule has 0 unspecified atom stereocenters. The molecule has 0 aromatic carbocycles. The van der Waals surface area contributed by atoms with Crippen LogP contribution in [-0.4, -0.2) is 9.97 Å². The highest BCUT2D eigenvalue weighted by Crippen LogP contribution is 2.13. The molecule has 54 valence electrons. The summed E-state index contributed by atoms with van der Waals surface area (Å²) in [6, 6.07) is 0. The summed E-state index contributed by atoms with van der Waals surface area (Å²) in [5.41, 5.74) is 16.7. The summed E-state index contributed by atoms with van der Waals surface area (Å²) in [5, 5.41) is 0. The zero-order valence-electron chi connectivity index (χ0n) is 5.63. The van der Waals surface area contributed by atoms with Crippen LogP contribution in [0.5, 0.6) is 0 Å². The van der Waals surface area contributed by atoms with Crippen molar-refractivity contribution in [3.8, 4) is 0 Å². The van der Waals surface area contributed by atoms with E-state index in [4.69, 9.17) is 17.2 Å². The molecule has 0 amide bonds. The minimum atomic E-state index is 0.112. The van der Waals surface area contributed by atoms with E-state index in [9.17, 15) is 0 Å². The third-order valence-corrected chi connectivity index (χ3v) is 1.24. The second-order valence-electron chi connectivity index (χ2n) is 1.98. The number of nitrogens with zero attached hydrogens (tertiary/aromatic N) is 2. The summed E-state index contributed by atoms with van der Waals surface area (Å²) < 4.78 is 0.